The number of hydrogen-bond donors (Lipinski definition) is 0. The molecule has 0 saturated carbocycles. The summed E-state index contributed by atoms with van der Waals surface area (Å²) in [7, 11) is -0.550. The van der Waals surface area contributed by atoms with Crippen molar-refractivity contribution in [3.63, 3.8) is 0 Å². The molecule has 0 unspecified atom stereocenters. The standard InChI is InChI=1S/C16H21F3N4O2S/c1-21(2)26(24,25)22-9-7-12(8-10-22)11-23-14-6-4-3-5-13(14)20-15(23)16(17,18)19/h3-6,12H,7-11H2,1-2H3. The Bertz CT molecular complexity index is 885. The highest BCUT2D eigenvalue weighted by Crippen LogP contribution is 2.33. The second-order valence-corrected chi connectivity index (χ2v) is 8.81. The number of alkyl halides is 3. The number of benzene rings is 1. The number of rotatable bonds is 4. The number of para-hydroxylation sites is 2. The first-order valence-electron chi connectivity index (χ1n) is 8.31. The van der Waals surface area contributed by atoms with Crippen LogP contribution in [0.1, 0.15) is 18.7 Å². The molecule has 3 rings (SSSR count). The van der Waals surface area contributed by atoms with Crippen LogP contribution in [0.3, 0.4) is 0 Å². The van der Waals surface area contributed by atoms with E-state index < -0.39 is 22.2 Å². The monoisotopic (exact) mass is 390 g/mol. The Labute approximate surface area is 150 Å². The smallest absolute Gasteiger partial charge is 0.320 e. The molecule has 1 fully saturated rings. The zero-order valence-electron chi connectivity index (χ0n) is 14.6. The molecule has 26 heavy (non-hydrogen) atoms. The molecule has 10 heteroatoms. The molecule has 1 aliphatic heterocycles. The van der Waals surface area contributed by atoms with E-state index in [4.69, 9.17) is 0 Å². The van der Waals surface area contributed by atoms with E-state index >= 15 is 0 Å². The number of nitrogens with zero attached hydrogens (tertiary/aromatic N) is 4. The molecule has 0 radical (unpaired) electrons. The lowest BCUT2D eigenvalue weighted by Gasteiger charge is -2.33. The van der Waals surface area contributed by atoms with Gasteiger partial charge in [-0.1, -0.05) is 12.1 Å². The van der Waals surface area contributed by atoms with Crippen LogP contribution in [0.2, 0.25) is 0 Å². The molecule has 0 aliphatic carbocycles. The number of piperidine rings is 1. The molecule has 144 valence electrons. The Morgan fingerprint density at radius 1 is 1.19 bits per heavy atom. The Kier molecular flexibility index (Phi) is 5.02. The first kappa shape index (κ1) is 19.1. The van der Waals surface area contributed by atoms with Gasteiger partial charge in [-0.15, -0.1) is 0 Å². The number of imidazole rings is 1. The zero-order valence-corrected chi connectivity index (χ0v) is 15.4. The van der Waals surface area contributed by atoms with Gasteiger partial charge in [-0.3, -0.25) is 0 Å². The predicted octanol–water partition coefficient (Wildman–Crippen LogP) is 2.57. The van der Waals surface area contributed by atoms with Crippen LogP contribution in [-0.4, -0.2) is 53.8 Å². The van der Waals surface area contributed by atoms with Gasteiger partial charge in [-0.25, -0.2) is 4.98 Å². The molecular weight excluding hydrogens is 369 g/mol. The van der Waals surface area contributed by atoms with Gasteiger partial charge >= 0.3 is 6.18 Å². The molecule has 0 amide bonds. The maximum absolute atomic E-state index is 13.4. The minimum Gasteiger partial charge on any atom is -0.320 e. The van der Waals surface area contributed by atoms with E-state index in [9.17, 15) is 21.6 Å². The van der Waals surface area contributed by atoms with Crippen molar-refractivity contribution in [2.45, 2.75) is 25.6 Å². The first-order chi connectivity index (χ1) is 12.1. The average Bonchev–Trinajstić information content (AvgIpc) is 2.94. The minimum absolute atomic E-state index is 0.0395. The van der Waals surface area contributed by atoms with Crippen molar-refractivity contribution >= 4 is 21.2 Å². The van der Waals surface area contributed by atoms with Crippen molar-refractivity contribution < 1.29 is 21.6 Å². The molecular formula is C16H21F3N4O2S. The van der Waals surface area contributed by atoms with Crippen molar-refractivity contribution in [2.24, 2.45) is 5.92 Å². The van der Waals surface area contributed by atoms with Crippen LogP contribution in [0.15, 0.2) is 24.3 Å². The van der Waals surface area contributed by atoms with Crippen LogP contribution in [0.4, 0.5) is 13.2 Å². The molecule has 0 atom stereocenters. The van der Waals surface area contributed by atoms with Gasteiger partial charge in [0, 0.05) is 33.7 Å². The second kappa shape index (κ2) is 6.82. The Morgan fingerprint density at radius 2 is 1.81 bits per heavy atom. The SMILES string of the molecule is CN(C)S(=O)(=O)N1CCC(Cn2c(C(F)(F)F)nc3ccccc32)CC1. The maximum atomic E-state index is 13.4. The van der Waals surface area contributed by atoms with Crippen LogP contribution in [0.25, 0.3) is 11.0 Å². The van der Waals surface area contributed by atoms with Gasteiger partial charge in [0.1, 0.15) is 0 Å². The third-order valence-corrected chi connectivity index (χ3v) is 6.65. The molecule has 0 bridgehead atoms. The van der Waals surface area contributed by atoms with E-state index in [1.165, 1.54) is 23.0 Å². The highest BCUT2D eigenvalue weighted by atomic mass is 32.2. The fourth-order valence-electron chi connectivity index (χ4n) is 3.29. The van der Waals surface area contributed by atoms with Crippen molar-refractivity contribution in [1.82, 2.24) is 18.2 Å². The van der Waals surface area contributed by atoms with E-state index in [-0.39, 0.29) is 12.5 Å². The van der Waals surface area contributed by atoms with E-state index in [1.807, 2.05) is 0 Å². The highest BCUT2D eigenvalue weighted by molar-refractivity contribution is 7.86. The van der Waals surface area contributed by atoms with Gasteiger partial charge in [-0.05, 0) is 30.9 Å². The summed E-state index contributed by atoms with van der Waals surface area (Å²) in [6.07, 6.45) is -3.51. The van der Waals surface area contributed by atoms with Gasteiger partial charge in [0.25, 0.3) is 10.2 Å². The van der Waals surface area contributed by atoms with Crippen LogP contribution in [-0.2, 0) is 22.9 Å². The van der Waals surface area contributed by atoms with Crippen molar-refractivity contribution in [3.8, 4) is 0 Å². The molecule has 1 aromatic carbocycles. The highest BCUT2D eigenvalue weighted by Gasteiger charge is 2.38. The summed E-state index contributed by atoms with van der Waals surface area (Å²) in [5.41, 5.74) is 0.760. The quantitative estimate of drug-likeness (QED) is 0.806. The third kappa shape index (κ3) is 3.58. The lowest BCUT2D eigenvalue weighted by molar-refractivity contribution is -0.147. The van der Waals surface area contributed by atoms with Crippen molar-refractivity contribution in [2.75, 3.05) is 27.2 Å². The summed E-state index contributed by atoms with van der Waals surface area (Å²) in [4.78, 5) is 3.75. The van der Waals surface area contributed by atoms with E-state index in [2.05, 4.69) is 4.98 Å². The summed E-state index contributed by atoms with van der Waals surface area (Å²) in [6, 6.07) is 6.54. The summed E-state index contributed by atoms with van der Waals surface area (Å²) < 4.78 is 68.2. The average molecular weight is 390 g/mol. The van der Waals surface area contributed by atoms with Crippen molar-refractivity contribution in [3.05, 3.63) is 30.1 Å². The summed E-state index contributed by atoms with van der Waals surface area (Å²) in [5.74, 6) is -0.940. The Balaban J connectivity index is 1.81. The molecule has 1 aromatic heterocycles. The number of halogens is 3. The Morgan fingerprint density at radius 3 is 2.38 bits per heavy atom. The van der Waals surface area contributed by atoms with Crippen LogP contribution < -0.4 is 0 Å². The molecule has 6 nitrogen and oxygen atoms in total. The maximum Gasteiger partial charge on any atom is 0.449 e. The number of aromatic nitrogens is 2. The van der Waals surface area contributed by atoms with E-state index in [0.29, 0.717) is 37.0 Å². The zero-order chi connectivity index (χ0) is 19.1. The summed E-state index contributed by atoms with van der Waals surface area (Å²) in [6.45, 7) is 0.781. The van der Waals surface area contributed by atoms with Crippen LogP contribution >= 0.6 is 0 Å². The van der Waals surface area contributed by atoms with Gasteiger partial charge in [-0.2, -0.15) is 30.2 Å². The molecule has 1 saturated heterocycles. The number of fused-ring (bicyclic) bond motifs is 1. The fourth-order valence-corrected chi connectivity index (χ4v) is 4.42. The molecule has 0 N–H and O–H groups in total. The second-order valence-electron chi connectivity index (χ2n) is 6.67. The van der Waals surface area contributed by atoms with E-state index in [1.54, 1.807) is 24.3 Å². The summed E-state index contributed by atoms with van der Waals surface area (Å²) >= 11 is 0. The predicted molar refractivity (Wildman–Crippen MR) is 91.6 cm³/mol. The molecule has 2 heterocycles. The topological polar surface area (TPSA) is 58.4 Å². The van der Waals surface area contributed by atoms with Gasteiger partial charge in [0.2, 0.25) is 5.82 Å². The number of hydrogen-bond acceptors (Lipinski definition) is 3. The van der Waals surface area contributed by atoms with Crippen molar-refractivity contribution in [1.29, 1.82) is 0 Å². The normalized spacial score (nSPS) is 18.1. The van der Waals surface area contributed by atoms with Crippen LogP contribution in [0, 0.1) is 5.92 Å². The molecule has 1 aliphatic rings. The third-order valence-electron chi connectivity index (χ3n) is 4.71. The van der Waals surface area contributed by atoms with Crippen LogP contribution in [0.5, 0.6) is 0 Å². The largest absolute Gasteiger partial charge is 0.449 e. The molecule has 2 aromatic rings. The Hall–Kier alpha value is -1.65. The summed E-state index contributed by atoms with van der Waals surface area (Å²) in [5, 5.41) is 0. The molecule has 0 spiro atoms. The first-order valence-corrected chi connectivity index (χ1v) is 9.70. The van der Waals surface area contributed by atoms with Gasteiger partial charge < -0.3 is 4.57 Å². The van der Waals surface area contributed by atoms with E-state index in [0.717, 1.165) is 4.31 Å². The fraction of sp³-hybridized carbons (Fsp3) is 0.562. The lowest BCUT2D eigenvalue weighted by Crippen LogP contribution is -2.44. The lowest BCUT2D eigenvalue weighted by atomic mass is 9.98. The van der Waals surface area contributed by atoms with Gasteiger partial charge in [0.15, 0.2) is 0 Å². The minimum atomic E-state index is -4.53. The van der Waals surface area contributed by atoms with Gasteiger partial charge in [0.05, 0.1) is 11.0 Å².